The molecule has 1 aromatic carbocycles. The van der Waals surface area contributed by atoms with Gasteiger partial charge in [-0.2, -0.15) is 5.26 Å². The van der Waals surface area contributed by atoms with Crippen LogP contribution in [0.2, 0.25) is 0 Å². The van der Waals surface area contributed by atoms with Gasteiger partial charge in [0.2, 0.25) is 0 Å². The van der Waals surface area contributed by atoms with E-state index < -0.39 is 16.5 Å². The van der Waals surface area contributed by atoms with Crippen molar-refractivity contribution in [1.29, 1.82) is 5.26 Å². The van der Waals surface area contributed by atoms with Crippen LogP contribution >= 0.6 is 11.8 Å². The maximum Gasteiger partial charge on any atom is 0.321 e. The van der Waals surface area contributed by atoms with E-state index in [1.54, 1.807) is 20.8 Å². The topological polar surface area (TPSA) is 50.1 Å². The van der Waals surface area contributed by atoms with E-state index in [0.29, 0.717) is 11.5 Å². The first-order valence-electron chi connectivity index (χ1n) is 5.46. The zero-order valence-electron chi connectivity index (χ0n) is 10.5. The Morgan fingerprint density at radius 3 is 2.72 bits per heavy atom. The van der Waals surface area contributed by atoms with Crippen molar-refractivity contribution < 1.29 is 13.9 Å². The Morgan fingerprint density at radius 2 is 2.22 bits per heavy atom. The molecule has 0 radical (unpaired) electrons. The SMILES string of the molecule is CCOC(=O)C(C)(C)Sc1ccc(C#N)cc1F. The Kier molecular flexibility index (Phi) is 4.74. The number of nitrogens with zero attached hydrogens (tertiary/aromatic N) is 1. The van der Waals surface area contributed by atoms with Gasteiger partial charge < -0.3 is 4.74 Å². The van der Waals surface area contributed by atoms with Gasteiger partial charge in [0.15, 0.2) is 0 Å². The Hall–Kier alpha value is -1.54. The maximum atomic E-state index is 13.7. The molecule has 96 valence electrons. The van der Waals surface area contributed by atoms with Gasteiger partial charge in [0.1, 0.15) is 10.6 Å². The molecule has 0 aliphatic heterocycles. The van der Waals surface area contributed by atoms with E-state index in [4.69, 9.17) is 10.00 Å². The molecule has 5 heteroatoms. The van der Waals surface area contributed by atoms with Crippen molar-refractivity contribution in [2.45, 2.75) is 30.4 Å². The van der Waals surface area contributed by atoms with Crippen LogP contribution in [0, 0.1) is 17.1 Å². The third-order valence-corrected chi connectivity index (χ3v) is 3.42. The monoisotopic (exact) mass is 267 g/mol. The molecular formula is C13H14FNO2S. The fourth-order valence-corrected chi connectivity index (χ4v) is 2.26. The molecule has 0 aromatic heterocycles. The average Bonchev–Trinajstić information content (AvgIpc) is 2.32. The summed E-state index contributed by atoms with van der Waals surface area (Å²) in [6.45, 7) is 5.36. The van der Waals surface area contributed by atoms with Crippen LogP contribution in [0.3, 0.4) is 0 Å². The minimum absolute atomic E-state index is 0.255. The van der Waals surface area contributed by atoms with Gasteiger partial charge in [0, 0.05) is 4.90 Å². The molecule has 0 unspecified atom stereocenters. The number of rotatable bonds is 4. The molecule has 1 aromatic rings. The van der Waals surface area contributed by atoms with Crippen molar-refractivity contribution >= 4 is 17.7 Å². The van der Waals surface area contributed by atoms with Gasteiger partial charge in [0.05, 0.1) is 18.2 Å². The average molecular weight is 267 g/mol. The molecule has 0 N–H and O–H groups in total. The number of ether oxygens (including phenoxy) is 1. The number of carbonyl (C=O) groups excluding carboxylic acids is 1. The third kappa shape index (κ3) is 3.47. The van der Waals surface area contributed by atoms with Crippen LogP contribution in [0.25, 0.3) is 0 Å². The number of thioether (sulfide) groups is 1. The number of hydrogen-bond acceptors (Lipinski definition) is 4. The van der Waals surface area contributed by atoms with Gasteiger partial charge in [-0.25, -0.2) is 4.39 Å². The Balaban J connectivity index is 2.91. The zero-order valence-corrected chi connectivity index (χ0v) is 11.3. The highest BCUT2D eigenvalue weighted by Gasteiger charge is 2.31. The fourth-order valence-electron chi connectivity index (χ4n) is 1.27. The minimum Gasteiger partial charge on any atom is -0.465 e. The first-order chi connectivity index (χ1) is 8.40. The zero-order chi connectivity index (χ0) is 13.8. The number of hydrogen-bond donors (Lipinski definition) is 0. The first kappa shape index (κ1) is 14.5. The van der Waals surface area contributed by atoms with E-state index in [-0.39, 0.29) is 5.56 Å². The largest absolute Gasteiger partial charge is 0.465 e. The molecule has 0 fully saturated rings. The molecule has 0 amide bonds. The lowest BCUT2D eigenvalue weighted by atomic mass is 10.2. The summed E-state index contributed by atoms with van der Waals surface area (Å²) >= 11 is 1.08. The Bertz CT molecular complexity index is 494. The molecule has 0 bridgehead atoms. The molecule has 0 spiro atoms. The van der Waals surface area contributed by atoms with Crippen molar-refractivity contribution in [3.63, 3.8) is 0 Å². The van der Waals surface area contributed by atoms with Crippen LogP contribution in [0.4, 0.5) is 4.39 Å². The van der Waals surface area contributed by atoms with Crippen molar-refractivity contribution in [2.75, 3.05) is 6.61 Å². The maximum absolute atomic E-state index is 13.7. The highest BCUT2D eigenvalue weighted by molar-refractivity contribution is 8.01. The summed E-state index contributed by atoms with van der Waals surface area (Å²) in [5, 5.41) is 8.65. The molecule has 0 heterocycles. The quantitative estimate of drug-likeness (QED) is 0.621. The molecular weight excluding hydrogens is 253 g/mol. The molecule has 1 rings (SSSR count). The van der Waals surface area contributed by atoms with E-state index in [1.807, 2.05) is 6.07 Å². The first-order valence-corrected chi connectivity index (χ1v) is 6.28. The molecule has 0 saturated heterocycles. The van der Waals surface area contributed by atoms with E-state index in [0.717, 1.165) is 17.8 Å². The van der Waals surface area contributed by atoms with Crippen LogP contribution in [-0.4, -0.2) is 17.3 Å². The van der Waals surface area contributed by atoms with Gasteiger partial charge in [-0.1, -0.05) is 0 Å². The third-order valence-electron chi connectivity index (χ3n) is 2.19. The van der Waals surface area contributed by atoms with Crippen molar-refractivity contribution in [3.8, 4) is 6.07 Å². The van der Waals surface area contributed by atoms with Crippen molar-refractivity contribution in [2.24, 2.45) is 0 Å². The summed E-state index contributed by atoms with van der Waals surface area (Å²) in [6, 6.07) is 6.04. The van der Waals surface area contributed by atoms with E-state index in [2.05, 4.69) is 0 Å². The normalized spacial score (nSPS) is 10.8. The minimum atomic E-state index is -0.870. The van der Waals surface area contributed by atoms with Gasteiger partial charge in [0.25, 0.3) is 0 Å². The Morgan fingerprint density at radius 1 is 1.56 bits per heavy atom. The number of nitriles is 1. The lowest BCUT2D eigenvalue weighted by Crippen LogP contribution is -2.30. The molecule has 0 aliphatic carbocycles. The smallest absolute Gasteiger partial charge is 0.321 e. The summed E-state index contributed by atoms with van der Waals surface area (Å²) in [4.78, 5) is 12.0. The predicted molar refractivity (Wildman–Crippen MR) is 67.7 cm³/mol. The summed E-state index contributed by atoms with van der Waals surface area (Å²) < 4.78 is 17.8. The number of benzene rings is 1. The van der Waals surface area contributed by atoms with Gasteiger partial charge in [-0.15, -0.1) is 11.8 Å². The molecule has 18 heavy (non-hydrogen) atoms. The van der Waals surface area contributed by atoms with Crippen molar-refractivity contribution in [1.82, 2.24) is 0 Å². The lowest BCUT2D eigenvalue weighted by molar-refractivity contribution is -0.145. The van der Waals surface area contributed by atoms with Gasteiger partial charge in [-0.3, -0.25) is 4.79 Å². The van der Waals surface area contributed by atoms with E-state index in [9.17, 15) is 9.18 Å². The van der Waals surface area contributed by atoms with Gasteiger partial charge in [-0.05, 0) is 39.0 Å². The Labute approximate surface area is 110 Å². The van der Waals surface area contributed by atoms with Gasteiger partial charge >= 0.3 is 5.97 Å². The second kappa shape index (κ2) is 5.87. The summed E-state index contributed by atoms with van der Waals surface area (Å²) in [5.74, 6) is -0.893. The summed E-state index contributed by atoms with van der Waals surface area (Å²) in [5.41, 5.74) is 0.255. The molecule has 0 saturated carbocycles. The summed E-state index contributed by atoms with van der Waals surface area (Å²) in [7, 11) is 0. The van der Waals surface area contributed by atoms with Crippen LogP contribution in [-0.2, 0) is 9.53 Å². The van der Waals surface area contributed by atoms with E-state index >= 15 is 0 Å². The van der Waals surface area contributed by atoms with E-state index in [1.165, 1.54) is 12.1 Å². The second-order valence-electron chi connectivity index (χ2n) is 4.09. The standard InChI is InChI=1S/C13H14FNO2S/c1-4-17-12(16)13(2,3)18-11-6-5-9(8-15)7-10(11)14/h5-7H,4H2,1-3H3. The van der Waals surface area contributed by atoms with Crippen LogP contribution < -0.4 is 0 Å². The van der Waals surface area contributed by atoms with Crippen LogP contribution in [0.1, 0.15) is 26.3 Å². The van der Waals surface area contributed by atoms with Crippen molar-refractivity contribution in [3.05, 3.63) is 29.6 Å². The molecule has 3 nitrogen and oxygen atoms in total. The summed E-state index contributed by atoms with van der Waals surface area (Å²) in [6.07, 6.45) is 0. The fraction of sp³-hybridized carbons (Fsp3) is 0.385. The number of halogens is 1. The lowest BCUT2D eigenvalue weighted by Gasteiger charge is -2.21. The highest BCUT2D eigenvalue weighted by atomic mass is 32.2. The number of esters is 1. The molecule has 0 aliphatic rings. The van der Waals surface area contributed by atoms with Crippen LogP contribution in [0.15, 0.2) is 23.1 Å². The predicted octanol–water partition coefficient (Wildman–Crippen LogP) is 3.13. The highest BCUT2D eigenvalue weighted by Crippen LogP contribution is 2.35. The molecule has 0 atom stereocenters. The van der Waals surface area contributed by atoms with Crippen LogP contribution in [0.5, 0.6) is 0 Å². The second-order valence-corrected chi connectivity index (χ2v) is 5.75. The number of carbonyl (C=O) groups is 1.